The summed E-state index contributed by atoms with van der Waals surface area (Å²) in [5.41, 5.74) is 5.76. The summed E-state index contributed by atoms with van der Waals surface area (Å²) in [5.74, 6) is -0.835. The van der Waals surface area contributed by atoms with Gasteiger partial charge in [-0.05, 0) is 63.1 Å². The molecule has 6 rings (SSSR count). The van der Waals surface area contributed by atoms with E-state index in [0.29, 0.717) is 27.1 Å². The molecule has 41 heavy (non-hydrogen) atoms. The van der Waals surface area contributed by atoms with E-state index in [4.69, 9.17) is 9.47 Å². The number of aryl methyl sites for hydroxylation is 1. The van der Waals surface area contributed by atoms with Crippen molar-refractivity contribution in [2.75, 3.05) is 18.5 Å². The molecule has 10 heteroatoms. The van der Waals surface area contributed by atoms with Crippen molar-refractivity contribution in [3.05, 3.63) is 81.6 Å². The van der Waals surface area contributed by atoms with Gasteiger partial charge in [0.15, 0.2) is 0 Å². The minimum Gasteiger partial charge on any atom is -0.462 e. The van der Waals surface area contributed by atoms with Gasteiger partial charge < -0.3 is 19.4 Å². The van der Waals surface area contributed by atoms with Gasteiger partial charge in [0.05, 0.1) is 29.9 Å². The van der Waals surface area contributed by atoms with Gasteiger partial charge in [0.1, 0.15) is 10.6 Å². The van der Waals surface area contributed by atoms with Crippen molar-refractivity contribution >= 4 is 45.7 Å². The van der Waals surface area contributed by atoms with Gasteiger partial charge in [0, 0.05) is 41.9 Å². The first-order chi connectivity index (χ1) is 19.7. The number of amides is 2. The van der Waals surface area contributed by atoms with Crippen LogP contribution in [0.25, 0.3) is 10.9 Å². The summed E-state index contributed by atoms with van der Waals surface area (Å²) in [4.78, 5) is 44.4. The Morgan fingerprint density at radius 3 is 2.61 bits per heavy atom. The van der Waals surface area contributed by atoms with Crippen LogP contribution in [0.1, 0.15) is 66.1 Å². The molecule has 0 bridgehead atoms. The minimum absolute atomic E-state index is 0.207. The highest BCUT2D eigenvalue weighted by atomic mass is 32.1. The molecule has 0 radical (unpaired) electrons. The van der Waals surface area contributed by atoms with Crippen LogP contribution in [0.3, 0.4) is 0 Å². The standard InChI is InChI=1S/C31H30N4O5S/c1-6-39-30(38)28-17(4)32-31(41-28)40-20-12-10-19(11-13-20)25-21-14-34(16(2)3)24-9-7-8-22(26(21)24)33-23-15-35(18(5)36)29(37)27(23)25/h7-14,16,25,33H,6,15H2,1-5H3/t25-/m0/s1. The maximum atomic E-state index is 13.7. The number of aromatic nitrogens is 2. The van der Waals surface area contributed by atoms with Gasteiger partial charge in [-0.2, -0.15) is 0 Å². The van der Waals surface area contributed by atoms with Crippen molar-refractivity contribution in [3.8, 4) is 10.9 Å². The Balaban J connectivity index is 1.42. The van der Waals surface area contributed by atoms with Gasteiger partial charge in [-0.1, -0.05) is 29.5 Å². The second kappa shape index (κ2) is 10.2. The topological polar surface area (TPSA) is 103 Å². The van der Waals surface area contributed by atoms with Gasteiger partial charge in [0.2, 0.25) is 5.91 Å². The molecule has 0 spiro atoms. The third-order valence-corrected chi connectivity index (χ3v) is 8.50. The summed E-state index contributed by atoms with van der Waals surface area (Å²) in [6, 6.07) is 13.9. The van der Waals surface area contributed by atoms with Crippen LogP contribution >= 0.6 is 11.3 Å². The molecule has 2 amide bonds. The van der Waals surface area contributed by atoms with E-state index in [1.807, 2.05) is 36.4 Å². The molecule has 1 atom stereocenters. The molecule has 2 aliphatic rings. The first-order valence-corrected chi connectivity index (χ1v) is 14.4. The minimum atomic E-state index is -0.417. The molecule has 0 aliphatic carbocycles. The van der Waals surface area contributed by atoms with Crippen LogP contribution in [0.4, 0.5) is 5.69 Å². The molecule has 2 aliphatic heterocycles. The molecule has 2 aromatic carbocycles. The lowest BCUT2D eigenvalue weighted by atomic mass is 9.84. The monoisotopic (exact) mass is 570 g/mol. The summed E-state index contributed by atoms with van der Waals surface area (Å²) >= 11 is 1.14. The molecule has 0 fully saturated rings. The van der Waals surface area contributed by atoms with Gasteiger partial charge in [0.25, 0.3) is 11.1 Å². The molecule has 0 saturated heterocycles. The number of thiazole rings is 1. The highest BCUT2D eigenvalue weighted by Gasteiger charge is 2.41. The Morgan fingerprint density at radius 1 is 1.17 bits per heavy atom. The highest BCUT2D eigenvalue weighted by Crippen LogP contribution is 2.47. The number of esters is 1. The zero-order chi connectivity index (χ0) is 29.0. The number of imide groups is 1. The fourth-order valence-electron chi connectivity index (χ4n) is 5.64. The Kier molecular flexibility index (Phi) is 6.65. The maximum absolute atomic E-state index is 13.7. The lowest BCUT2D eigenvalue weighted by Crippen LogP contribution is -2.33. The van der Waals surface area contributed by atoms with Crippen LogP contribution in [0.2, 0.25) is 0 Å². The van der Waals surface area contributed by atoms with Crippen LogP contribution in [0, 0.1) is 6.92 Å². The number of hydrogen-bond donors (Lipinski definition) is 1. The van der Waals surface area contributed by atoms with Gasteiger partial charge in [-0.25, -0.2) is 9.78 Å². The number of carbonyl (C=O) groups is 3. The molecule has 4 aromatic rings. The first-order valence-electron chi connectivity index (χ1n) is 13.6. The fourth-order valence-corrected chi connectivity index (χ4v) is 6.47. The number of anilines is 1. The Labute approximate surface area is 241 Å². The zero-order valence-corrected chi connectivity index (χ0v) is 24.3. The third-order valence-electron chi connectivity index (χ3n) is 7.48. The van der Waals surface area contributed by atoms with E-state index < -0.39 is 11.9 Å². The second-order valence-corrected chi connectivity index (χ2v) is 11.4. The summed E-state index contributed by atoms with van der Waals surface area (Å²) in [6.07, 6.45) is 2.13. The highest BCUT2D eigenvalue weighted by molar-refractivity contribution is 7.15. The molecule has 0 saturated carbocycles. The van der Waals surface area contributed by atoms with Gasteiger partial charge >= 0.3 is 5.97 Å². The van der Waals surface area contributed by atoms with E-state index in [9.17, 15) is 14.4 Å². The second-order valence-electron chi connectivity index (χ2n) is 10.4. The number of rotatable bonds is 6. The van der Waals surface area contributed by atoms with E-state index >= 15 is 0 Å². The van der Waals surface area contributed by atoms with E-state index in [1.165, 1.54) is 11.8 Å². The normalized spacial score (nSPS) is 16.2. The Bertz CT molecular complexity index is 1750. The Hall–Kier alpha value is -4.44. The number of benzene rings is 2. The lowest BCUT2D eigenvalue weighted by Gasteiger charge is -2.20. The Morgan fingerprint density at radius 2 is 1.93 bits per heavy atom. The zero-order valence-electron chi connectivity index (χ0n) is 23.5. The van der Waals surface area contributed by atoms with Crippen molar-refractivity contribution in [2.24, 2.45) is 0 Å². The van der Waals surface area contributed by atoms with Crippen molar-refractivity contribution < 1.29 is 23.9 Å². The van der Waals surface area contributed by atoms with Gasteiger partial charge in [-0.3, -0.25) is 14.5 Å². The van der Waals surface area contributed by atoms with Crippen molar-refractivity contribution in [3.63, 3.8) is 0 Å². The molecule has 4 heterocycles. The molecular formula is C31H30N4O5S. The average molecular weight is 571 g/mol. The molecule has 2 aromatic heterocycles. The predicted octanol–water partition coefficient (Wildman–Crippen LogP) is 6.16. The van der Waals surface area contributed by atoms with E-state index in [2.05, 4.69) is 41.0 Å². The lowest BCUT2D eigenvalue weighted by molar-refractivity contribution is -0.139. The van der Waals surface area contributed by atoms with E-state index in [-0.39, 0.29) is 31.0 Å². The number of nitrogens with one attached hydrogen (secondary N) is 1. The number of nitrogens with zero attached hydrogens (tertiary/aromatic N) is 3. The van der Waals surface area contributed by atoms with Crippen molar-refractivity contribution in [1.82, 2.24) is 14.5 Å². The van der Waals surface area contributed by atoms with Crippen LogP contribution in [0.15, 0.2) is 59.9 Å². The molecule has 1 N–H and O–H groups in total. The third kappa shape index (κ3) is 4.48. The first kappa shape index (κ1) is 26.8. The molecule has 9 nitrogen and oxygen atoms in total. The number of ether oxygens (including phenoxy) is 2. The van der Waals surface area contributed by atoms with E-state index in [1.54, 1.807) is 13.8 Å². The molecule has 0 unspecified atom stereocenters. The predicted molar refractivity (Wildman–Crippen MR) is 157 cm³/mol. The number of hydrogen-bond acceptors (Lipinski definition) is 8. The summed E-state index contributed by atoms with van der Waals surface area (Å²) in [6.45, 7) is 9.68. The smallest absolute Gasteiger partial charge is 0.350 e. The molecular weight excluding hydrogens is 540 g/mol. The summed E-state index contributed by atoms with van der Waals surface area (Å²) < 4.78 is 13.3. The van der Waals surface area contributed by atoms with Crippen LogP contribution in [-0.2, 0) is 14.3 Å². The summed E-state index contributed by atoms with van der Waals surface area (Å²) in [5, 5.41) is 4.91. The number of carbonyl (C=O) groups excluding carboxylic acids is 3. The SMILES string of the molecule is CCOC(=O)c1sc(Oc2ccc([C@@H]3C4=C(CN(C(C)=O)C4=O)Nc4cccc5c4c3cn5C(C)C)cc2)nc1C. The van der Waals surface area contributed by atoms with Crippen molar-refractivity contribution in [2.45, 2.75) is 46.6 Å². The largest absolute Gasteiger partial charge is 0.462 e. The van der Waals surface area contributed by atoms with E-state index in [0.717, 1.165) is 44.8 Å². The molecule has 210 valence electrons. The fraction of sp³-hybridized carbons (Fsp3) is 0.290. The van der Waals surface area contributed by atoms with Crippen LogP contribution in [0.5, 0.6) is 10.9 Å². The average Bonchev–Trinajstić information content (AvgIpc) is 3.57. The van der Waals surface area contributed by atoms with Crippen molar-refractivity contribution in [1.29, 1.82) is 0 Å². The maximum Gasteiger partial charge on any atom is 0.350 e. The quantitative estimate of drug-likeness (QED) is 0.277. The van der Waals surface area contributed by atoms with Gasteiger partial charge in [-0.15, -0.1) is 0 Å². The summed E-state index contributed by atoms with van der Waals surface area (Å²) in [7, 11) is 0. The van der Waals surface area contributed by atoms with Crippen LogP contribution < -0.4 is 10.1 Å². The van der Waals surface area contributed by atoms with Crippen LogP contribution in [-0.4, -0.2) is 45.4 Å².